The summed E-state index contributed by atoms with van der Waals surface area (Å²) in [6.45, 7) is 1.04. The summed E-state index contributed by atoms with van der Waals surface area (Å²) in [6.07, 6.45) is 3.37. The van der Waals surface area contributed by atoms with Crippen molar-refractivity contribution in [3.05, 3.63) is 35.9 Å². The van der Waals surface area contributed by atoms with Crippen molar-refractivity contribution < 1.29 is 19.4 Å². The number of benzene rings is 1. The lowest BCUT2D eigenvalue weighted by Crippen LogP contribution is -2.49. The van der Waals surface area contributed by atoms with Gasteiger partial charge < -0.3 is 14.7 Å². The molecular weight excluding hydrogens is 258 g/mol. The Morgan fingerprint density at radius 3 is 2.85 bits per heavy atom. The fraction of sp³-hybridized carbons (Fsp3) is 0.333. The molecule has 0 saturated carbocycles. The first-order valence-electron chi connectivity index (χ1n) is 6.41. The van der Waals surface area contributed by atoms with Gasteiger partial charge in [0.2, 0.25) is 5.91 Å². The standard InChI is InChI=1S/C15H17NO4/c1-20-13-4-2-3-11(7-13)5-6-14(17)16-9-12(10-16)8-15(18)19/h2-7,12H,8-10H2,1H3,(H,18,19). The zero-order chi connectivity index (χ0) is 14.5. The van der Waals surface area contributed by atoms with Crippen LogP contribution in [-0.4, -0.2) is 42.1 Å². The number of carbonyl (C=O) groups is 2. The summed E-state index contributed by atoms with van der Waals surface area (Å²) in [4.78, 5) is 24.0. The van der Waals surface area contributed by atoms with Crippen LogP contribution in [0.25, 0.3) is 6.08 Å². The van der Waals surface area contributed by atoms with Gasteiger partial charge in [0, 0.05) is 25.1 Å². The molecule has 1 amide bonds. The fourth-order valence-electron chi connectivity index (χ4n) is 2.14. The van der Waals surface area contributed by atoms with Crippen LogP contribution in [0, 0.1) is 5.92 Å². The normalized spacial score (nSPS) is 15.2. The highest BCUT2D eigenvalue weighted by molar-refractivity contribution is 5.92. The molecule has 0 radical (unpaired) electrons. The van der Waals surface area contributed by atoms with Crippen LogP contribution in [0.15, 0.2) is 30.3 Å². The van der Waals surface area contributed by atoms with Crippen LogP contribution >= 0.6 is 0 Å². The van der Waals surface area contributed by atoms with E-state index < -0.39 is 5.97 Å². The maximum atomic E-state index is 11.8. The quantitative estimate of drug-likeness (QED) is 0.830. The van der Waals surface area contributed by atoms with Gasteiger partial charge in [-0.25, -0.2) is 0 Å². The van der Waals surface area contributed by atoms with Crippen molar-refractivity contribution in [1.82, 2.24) is 4.90 Å². The van der Waals surface area contributed by atoms with Crippen molar-refractivity contribution in [1.29, 1.82) is 0 Å². The van der Waals surface area contributed by atoms with Crippen LogP contribution in [0.5, 0.6) is 5.75 Å². The lowest BCUT2D eigenvalue weighted by molar-refractivity contribution is -0.143. The lowest BCUT2D eigenvalue weighted by Gasteiger charge is -2.37. The molecule has 1 fully saturated rings. The summed E-state index contributed by atoms with van der Waals surface area (Å²) >= 11 is 0. The molecule has 1 aliphatic heterocycles. The smallest absolute Gasteiger partial charge is 0.303 e. The lowest BCUT2D eigenvalue weighted by atomic mass is 9.96. The minimum Gasteiger partial charge on any atom is -0.497 e. The summed E-state index contributed by atoms with van der Waals surface area (Å²) in [5.41, 5.74) is 0.889. The third-order valence-electron chi connectivity index (χ3n) is 3.24. The molecule has 0 atom stereocenters. The molecule has 106 valence electrons. The highest BCUT2D eigenvalue weighted by Crippen LogP contribution is 2.20. The van der Waals surface area contributed by atoms with E-state index in [2.05, 4.69) is 0 Å². The van der Waals surface area contributed by atoms with E-state index in [1.807, 2.05) is 24.3 Å². The van der Waals surface area contributed by atoms with Gasteiger partial charge in [-0.1, -0.05) is 12.1 Å². The van der Waals surface area contributed by atoms with Crippen molar-refractivity contribution in [2.24, 2.45) is 5.92 Å². The van der Waals surface area contributed by atoms with E-state index in [-0.39, 0.29) is 18.2 Å². The molecule has 1 aromatic rings. The molecule has 1 N–H and O–H groups in total. The Morgan fingerprint density at radius 2 is 2.20 bits per heavy atom. The molecule has 0 bridgehead atoms. The molecule has 1 saturated heterocycles. The van der Waals surface area contributed by atoms with Crippen LogP contribution in [0.2, 0.25) is 0 Å². The first-order chi connectivity index (χ1) is 9.58. The van der Waals surface area contributed by atoms with Crippen LogP contribution in [-0.2, 0) is 9.59 Å². The van der Waals surface area contributed by atoms with Gasteiger partial charge in [-0.15, -0.1) is 0 Å². The maximum Gasteiger partial charge on any atom is 0.303 e. The Labute approximate surface area is 117 Å². The van der Waals surface area contributed by atoms with Gasteiger partial charge in [-0.2, -0.15) is 0 Å². The molecule has 1 aliphatic rings. The largest absolute Gasteiger partial charge is 0.497 e. The Hall–Kier alpha value is -2.30. The Morgan fingerprint density at radius 1 is 1.45 bits per heavy atom. The van der Waals surface area contributed by atoms with Gasteiger partial charge in [-0.05, 0) is 23.8 Å². The number of hydrogen-bond donors (Lipinski definition) is 1. The molecule has 0 unspecified atom stereocenters. The molecule has 0 aliphatic carbocycles. The highest BCUT2D eigenvalue weighted by Gasteiger charge is 2.30. The predicted molar refractivity (Wildman–Crippen MR) is 74.4 cm³/mol. The molecule has 1 heterocycles. The highest BCUT2D eigenvalue weighted by atomic mass is 16.5. The maximum absolute atomic E-state index is 11.8. The van der Waals surface area contributed by atoms with E-state index in [0.29, 0.717) is 13.1 Å². The third kappa shape index (κ3) is 3.60. The SMILES string of the molecule is COc1cccc(C=CC(=O)N2CC(CC(=O)O)C2)c1. The zero-order valence-corrected chi connectivity index (χ0v) is 11.3. The predicted octanol–water partition coefficient (Wildman–Crippen LogP) is 1.64. The van der Waals surface area contributed by atoms with Crippen LogP contribution in [0.4, 0.5) is 0 Å². The van der Waals surface area contributed by atoms with Crippen LogP contribution in [0.1, 0.15) is 12.0 Å². The Kier molecular flexibility index (Phi) is 4.40. The van der Waals surface area contributed by atoms with Gasteiger partial charge in [-0.3, -0.25) is 9.59 Å². The monoisotopic (exact) mass is 275 g/mol. The molecule has 0 spiro atoms. The van der Waals surface area contributed by atoms with Gasteiger partial charge in [0.15, 0.2) is 0 Å². The van der Waals surface area contributed by atoms with E-state index in [4.69, 9.17) is 9.84 Å². The van der Waals surface area contributed by atoms with E-state index >= 15 is 0 Å². The molecule has 5 heteroatoms. The number of carboxylic acids is 1. The number of ether oxygens (including phenoxy) is 1. The number of rotatable bonds is 5. The number of amides is 1. The summed E-state index contributed by atoms with van der Waals surface area (Å²) in [5, 5.41) is 8.65. The van der Waals surface area contributed by atoms with E-state index in [1.54, 1.807) is 18.1 Å². The summed E-state index contributed by atoms with van der Waals surface area (Å²) < 4.78 is 5.11. The Balaban J connectivity index is 1.86. The van der Waals surface area contributed by atoms with Crippen molar-refractivity contribution >= 4 is 18.0 Å². The van der Waals surface area contributed by atoms with Crippen molar-refractivity contribution in [2.75, 3.05) is 20.2 Å². The molecule has 0 aromatic heterocycles. The fourth-order valence-corrected chi connectivity index (χ4v) is 2.14. The van der Waals surface area contributed by atoms with Crippen LogP contribution < -0.4 is 4.74 Å². The zero-order valence-electron chi connectivity index (χ0n) is 11.3. The molecule has 2 rings (SSSR count). The summed E-state index contributed by atoms with van der Waals surface area (Å²) in [7, 11) is 1.59. The second-order valence-electron chi connectivity index (χ2n) is 4.82. The van der Waals surface area contributed by atoms with Crippen molar-refractivity contribution in [2.45, 2.75) is 6.42 Å². The number of carboxylic acid groups (broad SMARTS) is 1. The Bertz CT molecular complexity index is 532. The molecular formula is C15H17NO4. The van der Waals surface area contributed by atoms with Gasteiger partial charge in [0.1, 0.15) is 5.75 Å². The van der Waals surface area contributed by atoms with E-state index in [9.17, 15) is 9.59 Å². The van der Waals surface area contributed by atoms with Gasteiger partial charge in [0.25, 0.3) is 0 Å². The minimum atomic E-state index is -0.811. The molecule has 20 heavy (non-hydrogen) atoms. The van der Waals surface area contributed by atoms with Crippen LogP contribution in [0.3, 0.4) is 0 Å². The number of nitrogens with zero attached hydrogens (tertiary/aromatic N) is 1. The molecule has 1 aromatic carbocycles. The first kappa shape index (κ1) is 14.1. The van der Waals surface area contributed by atoms with Crippen molar-refractivity contribution in [3.8, 4) is 5.75 Å². The van der Waals surface area contributed by atoms with E-state index in [0.717, 1.165) is 11.3 Å². The number of hydrogen-bond acceptors (Lipinski definition) is 3. The van der Waals surface area contributed by atoms with Crippen molar-refractivity contribution in [3.63, 3.8) is 0 Å². The molecule has 5 nitrogen and oxygen atoms in total. The summed E-state index contributed by atoms with van der Waals surface area (Å²) in [5.74, 6) is -0.0739. The third-order valence-corrected chi connectivity index (χ3v) is 3.24. The second kappa shape index (κ2) is 6.23. The number of carbonyl (C=O) groups excluding carboxylic acids is 1. The van der Waals surface area contributed by atoms with Gasteiger partial charge in [0.05, 0.1) is 13.5 Å². The minimum absolute atomic E-state index is 0.0849. The second-order valence-corrected chi connectivity index (χ2v) is 4.82. The summed E-state index contributed by atoms with van der Waals surface area (Å²) in [6, 6.07) is 7.42. The van der Waals surface area contributed by atoms with Gasteiger partial charge >= 0.3 is 5.97 Å². The first-order valence-corrected chi connectivity index (χ1v) is 6.41. The van der Waals surface area contributed by atoms with E-state index in [1.165, 1.54) is 6.08 Å². The topological polar surface area (TPSA) is 66.8 Å². The average molecular weight is 275 g/mol. The average Bonchev–Trinajstić information content (AvgIpc) is 2.39. The number of aliphatic carboxylic acids is 1. The number of likely N-dealkylation sites (tertiary alicyclic amines) is 1. The number of methoxy groups -OCH3 is 1.